The van der Waals surface area contributed by atoms with Gasteiger partial charge in [0.2, 0.25) is 5.91 Å². The minimum absolute atomic E-state index is 0.00452. The van der Waals surface area contributed by atoms with Crippen LogP contribution in [0.1, 0.15) is 39.5 Å². The number of carboxylic acid groups (broad SMARTS) is 1. The molecular weight excluding hydrogens is 262 g/mol. The van der Waals surface area contributed by atoms with Crippen molar-refractivity contribution in [2.24, 2.45) is 17.6 Å². The van der Waals surface area contributed by atoms with Gasteiger partial charge in [-0.3, -0.25) is 9.59 Å². The molecule has 0 aromatic rings. The van der Waals surface area contributed by atoms with Gasteiger partial charge in [-0.05, 0) is 18.3 Å². The Bertz CT molecular complexity index is 334. The maximum absolute atomic E-state index is 11.4. The maximum atomic E-state index is 11.4. The van der Waals surface area contributed by atoms with Crippen LogP contribution in [0, 0.1) is 11.8 Å². The van der Waals surface area contributed by atoms with Crippen LogP contribution in [0.4, 0.5) is 4.79 Å². The molecule has 0 aliphatic carbocycles. The highest BCUT2D eigenvalue weighted by molar-refractivity contribution is 5.80. The van der Waals surface area contributed by atoms with E-state index in [-0.39, 0.29) is 24.7 Å². The van der Waals surface area contributed by atoms with Gasteiger partial charge in [0.05, 0.1) is 6.42 Å². The van der Waals surface area contributed by atoms with Crippen molar-refractivity contribution in [3.8, 4) is 0 Å². The Hall–Kier alpha value is -1.79. The number of nitrogens with one attached hydrogen (secondary N) is 2. The van der Waals surface area contributed by atoms with Crippen LogP contribution in [0.3, 0.4) is 0 Å². The van der Waals surface area contributed by atoms with E-state index in [0.717, 1.165) is 12.8 Å². The minimum Gasteiger partial charge on any atom is -0.481 e. The molecule has 5 N–H and O–H groups in total. The van der Waals surface area contributed by atoms with E-state index in [2.05, 4.69) is 10.6 Å². The van der Waals surface area contributed by atoms with E-state index in [1.165, 1.54) is 0 Å². The zero-order chi connectivity index (χ0) is 15.5. The first-order valence-corrected chi connectivity index (χ1v) is 6.86. The molecule has 116 valence electrons. The molecule has 0 rings (SSSR count). The van der Waals surface area contributed by atoms with Crippen LogP contribution in [-0.4, -0.2) is 36.1 Å². The van der Waals surface area contributed by atoms with Crippen molar-refractivity contribution in [2.75, 3.05) is 13.1 Å². The Kier molecular flexibility index (Phi) is 9.15. The number of carbonyl (C=O) groups is 3. The van der Waals surface area contributed by atoms with Crippen molar-refractivity contribution in [2.45, 2.75) is 39.5 Å². The fourth-order valence-electron chi connectivity index (χ4n) is 1.89. The van der Waals surface area contributed by atoms with Gasteiger partial charge in [0.1, 0.15) is 0 Å². The number of hydrogen-bond acceptors (Lipinski definition) is 3. The van der Waals surface area contributed by atoms with E-state index in [0.29, 0.717) is 19.0 Å². The average Bonchev–Trinajstić information content (AvgIpc) is 2.38. The van der Waals surface area contributed by atoms with Gasteiger partial charge in [-0.25, -0.2) is 4.79 Å². The van der Waals surface area contributed by atoms with E-state index < -0.39 is 12.0 Å². The van der Waals surface area contributed by atoms with Crippen molar-refractivity contribution < 1.29 is 19.5 Å². The van der Waals surface area contributed by atoms with Gasteiger partial charge in [-0.1, -0.05) is 20.3 Å². The van der Waals surface area contributed by atoms with Crippen molar-refractivity contribution in [1.82, 2.24) is 10.6 Å². The van der Waals surface area contributed by atoms with Gasteiger partial charge < -0.3 is 21.5 Å². The third kappa shape index (κ3) is 10.2. The number of rotatable bonds is 10. The molecule has 20 heavy (non-hydrogen) atoms. The Morgan fingerprint density at radius 3 is 2.30 bits per heavy atom. The molecule has 3 amide bonds. The molecule has 0 aliphatic rings. The third-order valence-electron chi connectivity index (χ3n) is 3.09. The summed E-state index contributed by atoms with van der Waals surface area (Å²) in [6, 6.07) is -0.535. The van der Waals surface area contributed by atoms with Gasteiger partial charge in [0.25, 0.3) is 0 Å². The van der Waals surface area contributed by atoms with Crippen LogP contribution in [0.15, 0.2) is 0 Å². The number of carboxylic acids is 1. The van der Waals surface area contributed by atoms with E-state index in [1.807, 2.05) is 13.8 Å². The zero-order valence-corrected chi connectivity index (χ0v) is 12.1. The number of urea groups is 1. The minimum atomic E-state index is -0.974. The third-order valence-corrected chi connectivity index (χ3v) is 3.09. The largest absolute Gasteiger partial charge is 0.481 e. The van der Waals surface area contributed by atoms with E-state index in [9.17, 15) is 14.4 Å². The lowest BCUT2D eigenvalue weighted by molar-refractivity contribution is -0.138. The number of hydrogen-bond donors (Lipinski definition) is 4. The number of nitrogens with two attached hydrogens (primary N) is 1. The molecule has 0 bridgehead atoms. The van der Waals surface area contributed by atoms with Crippen molar-refractivity contribution in [3.63, 3.8) is 0 Å². The molecule has 2 atom stereocenters. The highest BCUT2D eigenvalue weighted by Gasteiger charge is 2.13. The number of primary amides is 1. The summed E-state index contributed by atoms with van der Waals surface area (Å²) in [5, 5.41) is 13.8. The summed E-state index contributed by atoms with van der Waals surface area (Å²) in [6.07, 6.45) is 1.61. The first-order chi connectivity index (χ1) is 9.35. The predicted octanol–water partition coefficient (Wildman–Crippen LogP) is 0.688. The highest BCUT2D eigenvalue weighted by Crippen LogP contribution is 2.14. The number of aliphatic carboxylic acids is 1. The van der Waals surface area contributed by atoms with Crippen LogP contribution < -0.4 is 16.4 Å². The summed E-state index contributed by atoms with van der Waals surface area (Å²) in [5.41, 5.74) is 5.01. The zero-order valence-electron chi connectivity index (χ0n) is 12.1. The molecule has 0 saturated heterocycles. The Balaban J connectivity index is 3.93. The summed E-state index contributed by atoms with van der Waals surface area (Å²) in [6.45, 7) is 5.07. The van der Waals surface area contributed by atoms with Gasteiger partial charge in [0, 0.05) is 19.5 Å². The summed E-state index contributed by atoms with van der Waals surface area (Å²) < 4.78 is 0. The Morgan fingerprint density at radius 2 is 1.80 bits per heavy atom. The lowest BCUT2D eigenvalue weighted by Gasteiger charge is -2.20. The van der Waals surface area contributed by atoms with Crippen LogP contribution >= 0.6 is 0 Å². The summed E-state index contributed by atoms with van der Waals surface area (Å²) >= 11 is 0. The first kappa shape index (κ1) is 18.2. The molecule has 0 spiro atoms. The quantitative estimate of drug-likeness (QED) is 0.472. The lowest BCUT2D eigenvalue weighted by atomic mass is 9.93. The molecule has 0 heterocycles. The number of amides is 3. The summed E-state index contributed by atoms with van der Waals surface area (Å²) in [7, 11) is 0. The van der Waals surface area contributed by atoms with Crippen molar-refractivity contribution in [3.05, 3.63) is 0 Å². The van der Waals surface area contributed by atoms with Gasteiger partial charge >= 0.3 is 12.0 Å². The van der Waals surface area contributed by atoms with E-state index in [1.54, 1.807) is 0 Å². The first-order valence-electron chi connectivity index (χ1n) is 6.86. The monoisotopic (exact) mass is 287 g/mol. The van der Waals surface area contributed by atoms with Crippen LogP contribution in [0.2, 0.25) is 0 Å². The fraction of sp³-hybridized carbons (Fsp3) is 0.769. The Labute approximate surface area is 119 Å². The average molecular weight is 287 g/mol. The normalized spacial score (nSPS) is 13.3. The van der Waals surface area contributed by atoms with Crippen LogP contribution in [0.25, 0.3) is 0 Å². The standard InChI is InChI=1S/C13H25N3O4/c1-3-10(6-9(2)7-16-13(14)20)8-15-11(17)4-5-12(18)19/h9-10H,3-8H2,1-2H3,(H,15,17)(H,18,19)(H3,14,16,20). The number of carbonyl (C=O) groups excluding carboxylic acids is 2. The van der Waals surface area contributed by atoms with E-state index >= 15 is 0 Å². The molecule has 0 aliphatic heterocycles. The van der Waals surface area contributed by atoms with Gasteiger partial charge in [-0.2, -0.15) is 0 Å². The highest BCUT2D eigenvalue weighted by atomic mass is 16.4. The molecule has 0 radical (unpaired) electrons. The van der Waals surface area contributed by atoms with Gasteiger partial charge in [-0.15, -0.1) is 0 Å². The van der Waals surface area contributed by atoms with Crippen molar-refractivity contribution >= 4 is 17.9 Å². The van der Waals surface area contributed by atoms with Crippen LogP contribution in [-0.2, 0) is 9.59 Å². The summed E-state index contributed by atoms with van der Waals surface area (Å²) in [5.74, 6) is -0.649. The van der Waals surface area contributed by atoms with Crippen LogP contribution in [0.5, 0.6) is 0 Å². The lowest BCUT2D eigenvalue weighted by Crippen LogP contribution is -2.35. The predicted molar refractivity (Wildman–Crippen MR) is 75.0 cm³/mol. The fourth-order valence-corrected chi connectivity index (χ4v) is 1.89. The maximum Gasteiger partial charge on any atom is 0.312 e. The second-order valence-electron chi connectivity index (χ2n) is 5.06. The molecular formula is C13H25N3O4. The van der Waals surface area contributed by atoms with Gasteiger partial charge in [0.15, 0.2) is 0 Å². The van der Waals surface area contributed by atoms with E-state index in [4.69, 9.17) is 10.8 Å². The SMILES string of the molecule is CCC(CNC(=O)CCC(=O)O)CC(C)CNC(N)=O. The topological polar surface area (TPSA) is 122 Å². The molecule has 0 fully saturated rings. The molecule has 0 aromatic carbocycles. The second-order valence-corrected chi connectivity index (χ2v) is 5.06. The smallest absolute Gasteiger partial charge is 0.312 e. The molecule has 0 aromatic heterocycles. The Morgan fingerprint density at radius 1 is 1.15 bits per heavy atom. The molecule has 0 saturated carbocycles. The molecule has 7 heteroatoms. The molecule has 2 unspecified atom stereocenters. The second kappa shape index (κ2) is 10.1. The molecule has 7 nitrogen and oxygen atoms in total. The summed E-state index contributed by atoms with van der Waals surface area (Å²) in [4.78, 5) is 32.4. The van der Waals surface area contributed by atoms with Crippen molar-refractivity contribution in [1.29, 1.82) is 0 Å².